The molecule has 0 bridgehead atoms. The van der Waals surface area contributed by atoms with Gasteiger partial charge in [-0.25, -0.2) is 9.67 Å². The van der Waals surface area contributed by atoms with Crippen molar-refractivity contribution in [3.63, 3.8) is 0 Å². The summed E-state index contributed by atoms with van der Waals surface area (Å²) < 4.78 is 8.86. The molecule has 4 aromatic heterocycles. The van der Waals surface area contributed by atoms with Crippen molar-refractivity contribution in [2.75, 3.05) is 12.4 Å². The highest BCUT2D eigenvalue weighted by Gasteiger charge is 2.33. The number of aromatic amines is 1. The van der Waals surface area contributed by atoms with Crippen molar-refractivity contribution in [2.24, 2.45) is 0 Å². The molecule has 1 aliphatic heterocycles. The summed E-state index contributed by atoms with van der Waals surface area (Å²) in [6, 6.07) is 14.7. The molecular weight excluding hydrogens is 551 g/mol. The number of benzene rings is 2. The van der Waals surface area contributed by atoms with Crippen LogP contribution >= 0.6 is 23.2 Å². The average molecular weight is 573 g/mol. The lowest BCUT2D eigenvalue weighted by molar-refractivity contribution is 0.460. The highest BCUT2D eigenvalue weighted by Crippen LogP contribution is 2.40. The van der Waals surface area contributed by atoms with E-state index in [0.29, 0.717) is 16.4 Å². The standard InChI is InChI=1S/C28H22Cl2N8O2/c1-14-7-23(28-32-12-20(33-28)15-3-5-18-24(9-15)40-35-27(18)31-2)38-22(14)8-16(10-26(38)39)19-11-17(29)4-6-21(19)37-13-25(30)34-36-37/h3-6,8-14,23H,7H2,1-2H3,(H,31,35)(H,32,33)/t14-,23+/m1/s1. The normalized spacial score (nSPS) is 16.5. The minimum absolute atomic E-state index is 0.120. The van der Waals surface area contributed by atoms with Crippen molar-refractivity contribution in [3.05, 3.63) is 93.0 Å². The minimum Gasteiger partial charge on any atom is -0.370 e. The maximum Gasteiger partial charge on any atom is 0.252 e. The number of nitrogens with zero attached hydrogens (tertiary/aromatic N) is 6. The lowest BCUT2D eigenvalue weighted by atomic mass is 9.99. The van der Waals surface area contributed by atoms with E-state index >= 15 is 0 Å². The number of nitrogens with one attached hydrogen (secondary N) is 2. The van der Waals surface area contributed by atoms with Gasteiger partial charge in [0, 0.05) is 35.0 Å². The van der Waals surface area contributed by atoms with Crippen molar-refractivity contribution in [1.29, 1.82) is 0 Å². The first-order valence-corrected chi connectivity index (χ1v) is 13.4. The van der Waals surface area contributed by atoms with Gasteiger partial charge in [-0.05, 0) is 54.3 Å². The molecule has 2 N–H and O–H groups in total. The largest absolute Gasteiger partial charge is 0.370 e. The first kappa shape index (κ1) is 24.6. The third kappa shape index (κ3) is 3.99. The summed E-state index contributed by atoms with van der Waals surface area (Å²) in [7, 11) is 1.80. The monoisotopic (exact) mass is 572 g/mol. The van der Waals surface area contributed by atoms with Gasteiger partial charge < -0.3 is 19.4 Å². The molecule has 0 radical (unpaired) electrons. The number of hydrogen-bond donors (Lipinski definition) is 2. The number of fused-ring (bicyclic) bond motifs is 2. The fourth-order valence-electron chi connectivity index (χ4n) is 5.50. The van der Waals surface area contributed by atoms with Crippen molar-refractivity contribution < 1.29 is 4.52 Å². The number of pyridine rings is 1. The van der Waals surface area contributed by atoms with Crippen molar-refractivity contribution in [2.45, 2.75) is 25.3 Å². The van der Waals surface area contributed by atoms with E-state index in [1.54, 1.807) is 36.3 Å². The predicted molar refractivity (Wildman–Crippen MR) is 153 cm³/mol. The smallest absolute Gasteiger partial charge is 0.252 e. The molecule has 0 saturated heterocycles. The van der Waals surface area contributed by atoms with Gasteiger partial charge >= 0.3 is 0 Å². The van der Waals surface area contributed by atoms with Crippen LogP contribution in [0.1, 0.15) is 36.8 Å². The average Bonchev–Trinajstić information content (AvgIpc) is 3.74. The first-order chi connectivity index (χ1) is 19.4. The third-order valence-electron chi connectivity index (χ3n) is 7.40. The van der Waals surface area contributed by atoms with E-state index in [9.17, 15) is 4.79 Å². The van der Waals surface area contributed by atoms with Gasteiger partial charge in [-0.3, -0.25) is 4.79 Å². The maximum absolute atomic E-state index is 13.6. The zero-order valence-electron chi connectivity index (χ0n) is 21.4. The van der Waals surface area contributed by atoms with E-state index in [1.165, 1.54) is 0 Å². The second-order valence-corrected chi connectivity index (χ2v) is 10.7. The van der Waals surface area contributed by atoms with Crippen LogP contribution in [0.3, 0.4) is 0 Å². The molecule has 5 heterocycles. The molecule has 200 valence electrons. The number of rotatable bonds is 5. The molecule has 0 saturated carbocycles. The Morgan fingerprint density at radius 3 is 2.77 bits per heavy atom. The van der Waals surface area contributed by atoms with Crippen molar-refractivity contribution in [3.8, 4) is 28.1 Å². The Hall–Kier alpha value is -4.41. The lowest BCUT2D eigenvalue weighted by Crippen LogP contribution is -2.24. The van der Waals surface area contributed by atoms with Gasteiger partial charge in [0.2, 0.25) is 0 Å². The summed E-state index contributed by atoms with van der Waals surface area (Å²) in [6.07, 6.45) is 4.14. The van der Waals surface area contributed by atoms with Crippen LogP contribution in [0.15, 0.2) is 70.2 Å². The topological polar surface area (TPSA) is 119 Å². The molecule has 2 aromatic carbocycles. The van der Waals surface area contributed by atoms with Crippen LogP contribution in [-0.2, 0) is 0 Å². The quantitative estimate of drug-likeness (QED) is 0.257. The molecule has 12 heteroatoms. The van der Waals surface area contributed by atoms with E-state index in [2.05, 4.69) is 37.7 Å². The fourth-order valence-corrected chi connectivity index (χ4v) is 5.80. The predicted octanol–water partition coefficient (Wildman–Crippen LogP) is 6.07. The number of hydrogen-bond acceptors (Lipinski definition) is 7. The van der Waals surface area contributed by atoms with E-state index in [0.717, 1.165) is 51.4 Å². The number of aromatic nitrogens is 7. The Kier molecular flexibility index (Phi) is 5.76. The summed E-state index contributed by atoms with van der Waals surface area (Å²) in [5, 5.41) is 16.8. The van der Waals surface area contributed by atoms with Crippen LogP contribution in [0.5, 0.6) is 0 Å². The summed E-state index contributed by atoms with van der Waals surface area (Å²) >= 11 is 12.4. The maximum atomic E-state index is 13.6. The number of imidazole rings is 1. The van der Waals surface area contributed by atoms with Gasteiger partial charge in [-0.15, -0.1) is 5.10 Å². The molecule has 10 nitrogen and oxygen atoms in total. The van der Waals surface area contributed by atoms with Crippen LogP contribution in [0.4, 0.5) is 5.82 Å². The first-order valence-electron chi connectivity index (χ1n) is 12.7. The van der Waals surface area contributed by atoms with Gasteiger partial charge in [-0.2, -0.15) is 0 Å². The molecule has 0 fully saturated rings. The summed E-state index contributed by atoms with van der Waals surface area (Å²) in [4.78, 5) is 21.7. The Morgan fingerprint density at radius 2 is 1.98 bits per heavy atom. The van der Waals surface area contributed by atoms with Gasteiger partial charge in [0.05, 0.1) is 35.2 Å². The summed E-state index contributed by atoms with van der Waals surface area (Å²) in [5.41, 5.74) is 5.46. The molecule has 0 unspecified atom stereocenters. The molecule has 7 rings (SSSR count). The minimum atomic E-state index is -0.224. The van der Waals surface area contributed by atoms with E-state index < -0.39 is 0 Å². The molecule has 1 aliphatic rings. The highest BCUT2D eigenvalue weighted by atomic mass is 35.5. The molecule has 6 aromatic rings. The molecule has 0 amide bonds. The Labute approximate surface area is 237 Å². The zero-order chi connectivity index (χ0) is 27.5. The second-order valence-electron chi connectivity index (χ2n) is 9.85. The molecule has 40 heavy (non-hydrogen) atoms. The van der Waals surface area contributed by atoms with Crippen LogP contribution in [-0.4, -0.2) is 41.7 Å². The van der Waals surface area contributed by atoms with Gasteiger partial charge in [-0.1, -0.05) is 46.6 Å². The molecular formula is C28H22Cl2N8O2. The van der Waals surface area contributed by atoms with E-state index in [1.807, 2.05) is 41.0 Å². The van der Waals surface area contributed by atoms with Crippen molar-refractivity contribution >= 4 is 40.0 Å². The van der Waals surface area contributed by atoms with Crippen molar-refractivity contribution in [1.82, 2.24) is 34.7 Å². The second kappa shape index (κ2) is 9.35. The lowest BCUT2D eigenvalue weighted by Gasteiger charge is -2.15. The van der Waals surface area contributed by atoms with Gasteiger partial charge in [0.1, 0.15) is 5.82 Å². The van der Waals surface area contributed by atoms with Crippen LogP contribution in [0, 0.1) is 0 Å². The number of halogens is 2. The van der Waals surface area contributed by atoms with Crippen LogP contribution < -0.4 is 10.9 Å². The Morgan fingerprint density at radius 1 is 1.10 bits per heavy atom. The highest BCUT2D eigenvalue weighted by molar-refractivity contribution is 6.31. The van der Waals surface area contributed by atoms with E-state index in [-0.39, 0.29) is 22.7 Å². The zero-order valence-corrected chi connectivity index (χ0v) is 22.9. The summed E-state index contributed by atoms with van der Waals surface area (Å²) in [5.74, 6) is 1.54. The molecule has 0 aliphatic carbocycles. The van der Waals surface area contributed by atoms with Crippen LogP contribution in [0.2, 0.25) is 10.2 Å². The van der Waals surface area contributed by atoms with E-state index in [4.69, 9.17) is 27.7 Å². The Balaban J connectivity index is 1.27. The number of anilines is 1. The SMILES string of the molecule is CNc1noc2cc(-c3cnc([C@@H]4C[C@@H](C)c5cc(-c6cc(Cl)ccc6-n6cc(Cl)nn6)cc(=O)n54)[nH]3)ccc12. The molecule has 0 spiro atoms. The fraction of sp³-hybridized carbons (Fsp3) is 0.179. The number of H-pyrrole nitrogens is 1. The Bertz CT molecular complexity index is 1970. The molecule has 2 atom stereocenters. The van der Waals surface area contributed by atoms with Gasteiger partial charge in [0.25, 0.3) is 5.56 Å². The summed E-state index contributed by atoms with van der Waals surface area (Å²) in [6.45, 7) is 2.12. The van der Waals surface area contributed by atoms with Crippen LogP contribution in [0.25, 0.3) is 39.0 Å². The van der Waals surface area contributed by atoms with Gasteiger partial charge in [0.15, 0.2) is 16.6 Å². The third-order valence-corrected chi connectivity index (χ3v) is 7.81.